The fourth-order valence-corrected chi connectivity index (χ4v) is 1.50. The number of benzene rings is 1. The predicted octanol–water partition coefficient (Wildman–Crippen LogP) is 3.03. The van der Waals surface area contributed by atoms with Gasteiger partial charge in [0.15, 0.2) is 0 Å². The van der Waals surface area contributed by atoms with Gasteiger partial charge in [-0.2, -0.15) is 0 Å². The third-order valence-corrected chi connectivity index (χ3v) is 2.27. The van der Waals surface area contributed by atoms with Crippen molar-refractivity contribution in [2.45, 2.75) is 0 Å². The number of ether oxygens (including phenoxy) is 1. The van der Waals surface area contributed by atoms with Gasteiger partial charge in [0.2, 0.25) is 0 Å². The first kappa shape index (κ1) is 9.65. The van der Waals surface area contributed by atoms with Gasteiger partial charge in [-0.1, -0.05) is 12.7 Å². The van der Waals surface area contributed by atoms with Crippen LogP contribution in [0.5, 0.6) is 5.75 Å². The molecule has 1 aromatic heterocycles. The molecule has 0 N–H and O–H groups in total. The van der Waals surface area contributed by atoms with Crippen molar-refractivity contribution in [1.29, 1.82) is 0 Å². The summed E-state index contributed by atoms with van der Waals surface area (Å²) in [5.74, 6) is 0.309. The first-order chi connectivity index (χ1) is 7.26. The van der Waals surface area contributed by atoms with Crippen LogP contribution in [-0.2, 0) is 0 Å². The monoisotopic (exact) mass is 203 g/mol. The Bertz CT molecular complexity index is 522. The summed E-state index contributed by atoms with van der Waals surface area (Å²) >= 11 is 0. The van der Waals surface area contributed by atoms with Gasteiger partial charge in [0, 0.05) is 10.9 Å². The van der Waals surface area contributed by atoms with Gasteiger partial charge in [0.05, 0.1) is 18.8 Å². The lowest BCUT2D eigenvalue weighted by molar-refractivity contribution is 0.415. The molecular weight excluding hydrogens is 193 g/mol. The number of hydrogen-bond donors (Lipinski definition) is 0. The molecule has 3 heteroatoms. The van der Waals surface area contributed by atoms with Crippen molar-refractivity contribution in [3.05, 3.63) is 42.4 Å². The Morgan fingerprint density at radius 3 is 2.93 bits per heavy atom. The van der Waals surface area contributed by atoms with E-state index in [4.69, 9.17) is 4.74 Å². The van der Waals surface area contributed by atoms with Gasteiger partial charge in [-0.3, -0.25) is 4.98 Å². The van der Waals surface area contributed by atoms with Gasteiger partial charge in [-0.25, -0.2) is 4.39 Å². The van der Waals surface area contributed by atoms with Crippen molar-refractivity contribution in [1.82, 2.24) is 4.98 Å². The van der Waals surface area contributed by atoms with Crippen LogP contribution in [-0.4, -0.2) is 12.1 Å². The van der Waals surface area contributed by atoms with Crippen molar-refractivity contribution in [3.63, 3.8) is 0 Å². The quantitative estimate of drug-likeness (QED) is 0.748. The average molecular weight is 203 g/mol. The van der Waals surface area contributed by atoms with Crippen LogP contribution in [0.1, 0.15) is 5.56 Å². The molecule has 0 amide bonds. The highest BCUT2D eigenvalue weighted by atomic mass is 19.1. The highest BCUT2D eigenvalue weighted by Crippen LogP contribution is 2.24. The molecule has 1 heterocycles. The third kappa shape index (κ3) is 1.56. The minimum atomic E-state index is -0.370. The number of rotatable bonds is 2. The van der Waals surface area contributed by atoms with E-state index in [-0.39, 0.29) is 5.82 Å². The van der Waals surface area contributed by atoms with Crippen LogP contribution >= 0.6 is 0 Å². The summed E-state index contributed by atoms with van der Waals surface area (Å²) in [5, 5.41) is 0.712. The molecule has 2 aromatic rings. The fraction of sp³-hybridized carbons (Fsp3) is 0.0833. The van der Waals surface area contributed by atoms with Crippen molar-refractivity contribution < 1.29 is 9.13 Å². The smallest absolute Gasteiger partial charge is 0.149 e. The van der Waals surface area contributed by atoms with Crippen LogP contribution in [0, 0.1) is 5.82 Å². The molecule has 1 aromatic carbocycles. The Labute approximate surface area is 87.0 Å². The van der Waals surface area contributed by atoms with Gasteiger partial charge in [0.1, 0.15) is 11.6 Å². The molecule has 0 radical (unpaired) electrons. The minimum Gasteiger partial charge on any atom is -0.497 e. The Hall–Kier alpha value is -1.90. The molecule has 0 fully saturated rings. The number of hydrogen-bond acceptors (Lipinski definition) is 2. The summed E-state index contributed by atoms with van der Waals surface area (Å²) < 4.78 is 18.5. The standard InChI is InChI=1S/C12H10FNO/c1-3-9-10-6-8(15-2)4-5-12(10)14-7-11(9)13/h3-7H,1H2,2H3. The predicted molar refractivity (Wildman–Crippen MR) is 58.3 cm³/mol. The van der Waals surface area contributed by atoms with E-state index >= 15 is 0 Å². The normalized spacial score (nSPS) is 10.3. The van der Waals surface area contributed by atoms with E-state index in [9.17, 15) is 4.39 Å². The zero-order valence-electron chi connectivity index (χ0n) is 8.33. The topological polar surface area (TPSA) is 22.1 Å². The Kier molecular flexibility index (Phi) is 2.37. The number of halogens is 1. The summed E-state index contributed by atoms with van der Waals surface area (Å²) in [6.07, 6.45) is 2.69. The molecule has 0 saturated heterocycles. The minimum absolute atomic E-state index is 0.370. The number of pyridine rings is 1. The summed E-state index contributed by atoms with van der Waals surface area (Å²) in [6, 6.07) is 5.34. The molecule has 0 atom stereocenters. The van der Waals surface area contributed by atoms with Gasteiger partial charge in [0.25, 0.3) is 0 Å². The molecule has 2 rings (SSSR count). The fourth-order valence-electron chi connectivity index (χ4n) is 1.50. The maximum absolute atomic E-state index is 13.4. The third-order valence-electron chi connectivity index (χ3n) is 2.27. The molecule has 0 aliphatic heterocycles. The van der Waals surface area contributed by atoms with Crippen LogP contribution in [0.4, 0.5) is 4.39 Å². The van der Waals surface area contributed by atoms with Gasteiger partial charge in [-0.05, 0) is 18.2 Å². The Balaban J connectivity index is 2.81. The molecular formula is C12H10FNO. The van der Waals surface area contributed by atoms with Crippen LogP contribution in [0.25, 0.3) is 17.0 Å². The van der Waals surface area contributed by atoms with E-state index in [0.717, 1.165) is 5.52 Å². The van der Waals surface area contributed by atoms with E-state index in [1.165, 1.54) is 12.3 Å². The highest BCUT2D eigenvalue weighted by Gasteiger charge is 2.06. The number of fused-ring (bicyclic) bond motifs is 1. The average Bonchev–Trinajstić information content (AvgIpc) is 2.28. The second kappa shape index (κ2) is 3.69. The lowest BCUT2D eigenvalue weighted by atomic mass is 10.1. The maximum atomic E-state index is 13.4. The molecule has 76 valence electrons. The van der Waals surface area contributed by atoms with Gasteiger partial charge in [-0.15, -0.1) is 0 Å². The molecule has 0 unspecified atom stereocenters. The number of methoxy groups -OCH3 is 1. The van der Waals surface area contributed by atoms with Crippen molar-refractivity contribution in [3.8, 4) is 5.75 Å². The molecule has 2 nitrogen and oxygen atoms in total. The summed E-state index contributed by atoms with van der Waals surface area (Å²) in [4.78, 5) is 3.99. The second-order valence-corrected chi connectivity index (χ2v) is 3.11. The van der Waals surface area contributed by atoms with Crippen LogP contribution in [0.15, 0.2) is 31.0 Å². The van der Waals surface area contributed by atoms with Crippen molar-refractivity contribution in [2.75, 3.05) is 7.11 Å². The number of aromatic nitrogens is 1. The highest BCUT2D eigenvalue weighted by molar-refractivity contribution is 5.88. The van der Waals surface area contributed by atoms with E-state index < -0.39 is 0 Å². The van der Waals surface area contributed by atoms with E-state index in [1.54, 1.807) is 25.3 Å². The lowest BCUT2D eigenvalue weighted by Crippen LogP contribution is -1.90. The summed E-state index contributed by atoms with van der Waals surface area (Å²) in [5.41, 5.74) is 1.19. The SMILES string of the molecule is C=Cc1c(F)cnc2ccc(OC)cc12. The van der Waals surface area contributed by atoms with E-state index in [0.29, 0.717) is 16.7 Å². The van der Waals surface area contributed by atoms with Gasteiger partial charge < -0.3 is 4.74 Å². The molecule has 15 heavy (non-hydrogen) atoms. The molecule has 0 bridgehead atoms. The zero-order valence-corrected chi connectivity index (χ0v) is 8.33. The van der Waals surface area contributed by atoms with E-state index in [1.807, 2.05) is 0 Å². The van der Waals surface area contributed by atoms with Crippen LogP contribution in [0.3, 0.4) is 0 Å². The largest absolute Gasteiger partial charge is 0.497 e. The first-order valence-corrected chi connectivity index (χ1v) is 4.51. The number of nitrogens with zero attached hydrogens (tertiary/aromatic N) is 1. The summed E-state index contributed by atoms with van der Waals surface area (Å²) in [6.45, 7) is 3.59. The zero-order chi connectivity index (χ0) is 10.8. The summed E-state index contributed by atoms with van der Waals surface area (Å²) in [7, 11) is 1.57. The Morgan fingerprint density at radius 2 is 2.27 bits per heavy atom. The molecule has 0 aliphatic carbocycles. The lowest BCUT2D eigenvalue weighted by Gasteiger charge is -2.05. The first-order valence-electron chi connectivity index (χ1n) is 4.51. The van der Waals surface area contributed by atoms with Crippen molar-refractivity contribution >= 4 is 17.0 Å². The second-order valence-electron chi connectivity index (χ2n) is 3.11. The van der Waals surface area contributed by atoms with Crippen molar-refractivity contribution in [2.24, 2.45) is 0 Å². The van der Waals surface area contributed by atoms with Gasteiger partial charge >= 0.3 is 0 Å². The Morgan fingerprint density at radius 1 is 1.47 bits per heavy atom. The van der Waals surface area contributed by atoms with E-state index in [2.05, 4.69) is 11.6 Å². The molecule has 0 aliphatic rings. The van der Waals surface area contributed by atoms with Crippen LogP contribution in [0.2, 0.25) is 0 Å². The van der Waals surface area contributed by atoms with Crippen LogP contribution < -0.4 is 4.74 Å². The molecule has 0 spiro atoms. The molecule has 0 saturated carbocycles. The maximum Gasteiger partial charge on any atom is 0.149 e.